The fourth-order valence-electron chi connectivity index (χ4n) is 2.65. The minimum absolute atomic E-state index is 0.0417. The summed E-state index contributed by atoms with van der Waals surface area (Å²) in [5.74, 6) is -1.09. The molecule has 1 aromatic heterocycles. The Balaban J connectivity index is 2.11. The van der Waals surface area contributed by atoms with E-state index in [1.807, 2.05) is 13.8 Å². The van der Waals surface area contributed by atoms with Gasteiger partial charge in [0.05, 0.1) is 5.56 Å². The Bertz CT molecular complexity index is 639. The second-order valence-electron chi connectivity index (χ2n) is 6.05. The normalized spacial score (nSPS) is 14.5. The van der Waals surface area contributed by atoms with Crippen LogP contribution >= 0.6 is 11.3 Å². The lowest BCUT2D eigenvalue weighted by atomic mass is 9.95. The van der Waals surface area contributed by atoms with Crippen LogP contribution in [0, 0.1) is 0 Å². The number of hydrogen-bond donors (Lipinski definition) is 2. The van der Waals surface area contributed by atoms with E-state index in [4.69, 9.17) is 4.74 Å². The van der Waals surface area contributed by atoms with Crippen molar-refractivity contribution in [2.75, 3.05) is 11.9 Å². The van der Waals surface area contributed by atoms with Gasteiger partial charge in [0, 0.05) is 17.8 Å². The van der Waals surface area contributed by atoms with Gasteiger partial charge in [0.25, 0.3) is 5.91 Å². The van der Waals surface area contributed by atoms with E-state index < -0.39 is 5.97 Å². The molecule has 0 saturated heterocycles. The van der Waals surface area contributed by atoms with Gasteiger partial charge in [-0.2, -0.15) is 0 Å². The summed E-state index contributed by atoms with van der Waals surface area (Å²) in [7, 11) is 0. The molecule has 1 aliphatic rings. The van der Waals surface area contributed by atoms with Crippen molar-refractivity contribution in [3.05, 3.63) is 16.0 Å². The first-order valence-electron chi connectivity index (χ1n) is 8.31. The number of hydrogen-bond acceptors (Lipinski definition) is 5. The highest BCUT2D eigenvalue weighted by atomic mass is 32.1. The topological polar surface area (TPSA) is 84.5 Å². The third-order valence-electron chi connectivity index (χ3n) is 4.02. The van der Waals surface area contributed by atoms with Crippen LogP contribution in [0.4, 0.5) is 5.00 Å². The molecule has 2 rings (SSSR count). The fraction of sp³-hybridized carbons (Fsp3) is 0.588. The van der Waals surface area contributed by atoms with Gasteiger partial charge in [-0.3, -0.25) is 9.59 Å². The molecule has 132 valence electrons. The standard InChI is InChI=1S/C17H24N2O4S/c1-4-10(2)18-14(21)9-23-17(22)15-12-7-5-6-8-13(12)24-16(15)19-11(3)20/h10H,4-9H2,1-3H3,(H,18,21)(H,19,20)/t10-/m0/s1. The van der Waals surface area contributed by atoms with Crippen molar-refractivity contribution in [1.29, 1.82) is 0 Å². The zero-order chi connectivity index (χ0) is 17.7. The van der Waals surface area contributed by atoms with Crippen molar-refractivity contribution >= 4 is 34.1 Å². The van der Waals surface area contributed by atoms with Gasteiger partial charge in [0.2, 0.25) is 5.91 Å². The number of aryl methyl sites for hydroxylation is 1. The van der Waals surface area contributed by atoms with E-state index in [-0.39, 0.29) is 24.5 Å². The predicted octanol–water partition coefficient (Wildman–Crippen LogP) is 2.66. The molecule has 0 unspecified atom stereocenters. The summed E-state index contributed by atoms with van der Waals surface area (Å²) in [6.07, 6.45) is 4.62. The van der Waals surface area contributed by atoms with Crippen LogP contribution in [0.1, 0.15) is 60.8 Å². The maximum absolute atomic E-state index is 12.5. The van der Waals surface area contributed by atoms with E-state index in [9.17, 15) is 14.4 Å². The van der Waals surface area contributed by atoms with E-state index in [0.717, 1.165) is 42.5 Å². The molecule has 6 nitrogen and oxygen atoms in total. The molecule has 0 spiro atoms. The lowest BCUT2D eigenvalue weighted by Crippen LogP contribution is -2.35. The summed E-state index contributed by atoms with van der Waals surface area (Å²) >= 11 is 1.43. The number of carbonyl (C=O) groups excluding carboxylic acids is 3. The number of ether oxygens (including phenoxy) is 1. The van der Waals surface area contributed by atoms with Crippen LogP contribution in [0.3, 0.4) is 0 Å². The van der Waals surface area contributed by atoms with Crippen LogP contribution in [0.2, 0.25) is 0 Å². The van der Waals surface area contributed by atoms with Gasteiger partial charge >= 0.3 is 5.97 Å². The van der Waals surface area contributed by atoms with E-state index in [2.05, 4.69) is 10.6 Å². The van der Waals surface area contributed by atoms with Gasteiger partial charge in [0.15, 0.2) is 6.61 Å². The molecular weight excluding hydrogens is 328 g/mol. The van der Waals surface area contributed by atoms with E-state index in [0.29, 0.717) is 10.6 Å². The van der Waals surface area contributed by atoms with Gasteiger partial charge in [-0.15, -0.1) is 11.3 Å². The molecule has 0 aliphatic heterocycles. The molecular formula is C17H24N2O4S. The Morgan fingerprint density at radius 1 is 1.25 bits per heavy atom. The van der Waals surface area contributed by atoms with Crippen LogP contribution in [-0.2, 0) is 27.2 Å². The van der Waals surface area contributed by atoms with Gasteiger partial charge in [-0.25, -0.2) is 4.79 Å². The molecule has 2 amide bonds. The van der Waals surface area contributed by atoms with Crippen LogP contribution in [-0.4, -0.2) is 30.4 Å². The molecule has 1 aliphatic carbocycles. The van der Waals surface area contributed by atoms with Gasteiger partial charge < -0.3 is 15.4 Å². The Morgan fingerprint density at radius 2 is 1.96 bits per heavy atom. The number of rotatable bonds is 6. The molecule has 1 aromatic rings. The Kier molecular flexibility index (Phi) is 6.36. The predicted molar refractivity (Wildman–Crippen MR) is 93.4 cm³/mol. The fourth-order valence-corrected chi connectivity index (χ4v) is 3.98. The summed E-state index contributed by atoms with van der Waals surface area (Å²) < 4.78 is 5.19. The number of nitrogens with one attached hydrogen (secondary N) is 2. The molecule has 7 heteroatoms. The molecule has 0 bridgehead atoms. The molecule has 0 radical (unpaired) electrons. The van der Waals surface area contributed by atoms with Crippen LogP contribution in [0.25, 0.3) is 0 Å². The van der Waals surface area contributed by atoms with E-state index >= 15 is 0 Å². The lowest BCUT2D eigenvalue weighted by Gasteiger charge is -2.14. The van der Waals surface area contributed by atoms with E-state index in [1.54, 1.807) is 0 Å². The maximum atomic E-state index is 12.5. The van der Waals surface area contributed by atoms with Crippen molar-refractivity contribution in [1.82, 2.24) is 5.32 Å². The summed E-state index contributed by atoms with van der Waals surface area (Å²) in [6, 6.07) is 0.0417. The highest BCUT2D eigenvalue weighted by Crippen LogP contribution is 2.38. The first-order valence-corrected chi connectivity index (χ1v) is 9.12. The molecule has 1 heterocycles. The smallest absolute Gasteiger partial charge is 0.341 e. The zero-order valence-corrected chi connectivity index (χ0v) is 15.2. The van der Waals surface area contributed by atoms with Crippen molar-refractivity contribution < 1.29 is 19.1 Å². The van der Waals surface area contributed by atoms with Gasteiger partial charge in [0.1, 0.15) is 5.00 Å². The Labute approximate surface area is 146 Å². The maximum Gasteiger partial charge on any atom is 0.341 e. The first kappa shape index (κ1) is 18.4. The van der Waals surface area contributed by atoms with Crippen molar-refractivity contribution in [2.45, 2.75) is 58.9 Å². The summed E-state index contributed by atoms with van der Waals surface area (Å²) in [6.45, 7) is 4.96. The number of amides is 2. The SMILES string of the molecule is CC[C@H](C)NC(=O)COC(=O)c1c(NC(C)=O)sc2c1CCCC2. The minimum Gasteiger partial charge on any atom is -0.452 e. The minimum atomic E-state index is -0.544. The third kappa shape index (κ3) is 4.56. The lowest BCUT2D eigenvalue weighted by molar-refractivity contribution is -0.124. The Hall–Kier alpha value is -1.89. The van der Waals surface area contributed by atoms with Crippen molar-refractivity contribution in [3.63, 3.8) is 0 Å². The summed E-state index contributed by atoms with van der Waals surface area (Å²) in [4.78, 5) is 36.8. The zero-order valence-electron chi connectivity index (χ0n) is 14.4. The highest BCUT2D eigenvalue weighted by Gasteiger charge is 2.27. The van der Waals surface area contributed by atoms with Gasteiger partial charge in [-0.05, 0) is 44.6 Å². The first-order chi connectivity index (χ1) is 11.4. The largest absolute Gasteiger partial charge is 0.452 e. The second-order valence-corrected chi connectivity index (χ2v) is 7.15. The number of carbonyl (C=O) groups is 3. The quantitative estimate of drug-likeness (QED) is 0.771. The van der Waals surface area contributed by atoms with Crippen LogP contribution < -0.4 is 10.6 Å². The number of anilines is 1. The average Bonchev–Trinajstić information content (AvgIpc) is 2.89. The molecule has 0 fully saturated rings. The monoisotopic (exact) mass is 352 g/mol. The van der Waals surface area contributed by atoms with Crippen molar-refractivity contribution in [2.24, 2.45) is 0 Å². The molecule has 2 N–H and O–H groups in total. The average molecular weight is 352 g/mol. The number of esters is 1. The van der Waals surface area contributed by atoms with Crippen molar-refractivity contribution in [3.8, 4) is 0 Å². The Morgan fingerprint density at radius 3 is 2.62 bits per heavy atom. The van der Waals surface area contributed by atoms with Crippen LogP contribution in [0.5, 0.6) is 0 Å². The number of fused-ring (bicyclic) bond motifs is 1. The van der Waals surface area contributed by atoms with Crippen LogP contribution in [0.15, 0.2) is 0 Å². The highest BCUT2D eigenvalue weighted by molar-refractivity contribution is 7.17. The number of thiophene rings is 1. The molecule has 1 atom stereocenters. The molecule has 0 aromatic carbocycles. The third-order valence-corrected chi connectivity index (χ3v) is 5.23. The summed E-state index contributed by atoms with van der Waals surface area (Å²) in [5, 5.41) is 6.00. The van der Waals surface area contributed by atoms with E-state index in [1.165, 1.54) is 18.3 Å². The molecule has 0 saturated carbocycles. The van der Waals surface area contributed by atoms with Gasteiger partial charge in [-0.1, -0.05) is 6.92 Å². The summed E-state index contributed by atoms with van der Waals surface area (Å²) in [5.41, 5.74) is 1.38. The second kappa shape index (κ2) is 8.28. The molecule has 24 heavy (non-hydrogen) atoms.